The maximum absolute atomic E-state index is 12.9. The molecule has 1 unspecified atom stereocenters. The van der Waals surface area contributed by atoms with Gasteiger partial charge in [-0.25, -0.2) is 4.39 Å². The first-order chi connectivity index (χ1) is 15.4. The summed E-state index contributed by atoms with van der Waals surface area (Å²) >= 11 is 1.20. The summed E-state index contributed by atoms with van der Waals surface area (Å²) in [6, 6.07) is 12.4. The third-order valence-electron chi connectivity index (χ3n) is 5.25. The Kier molecular flexibility index (Phi) is 8.67. The Bertz CT molecular complexity index is 927. The molecule has 0 radical (unpaired) electrons. The third kappa shape index (κ3) is 7.09. The smallest absolute Gasteiger partial charge is 0.253 e. The first-order valence-electron chi connectivity index (χ1n) is 10.8. The van der Waals surface area contributed by atoms with Crippen LogP contribution in [0.2, 0.25) is 0 Å². The molecule has 0 aromatic heterocycles. The minimum absolute atomic E-state index is 0.0286. The van der Waals surface area contributed by atoms with Crippen LogP contribution in [0.15, 0.2) is 48.5 Å². The van der Waals surface area contributed by atoms with Gasteiger partial charge < -0.3 is 15.5 Å². The fraction of sp³-hybridized carbons (Fsp3) is 0.375. The highest BCUT2D eigenvalue weighted by Crippen LogP contribution is 2.18. The number of amides is 3. The predicted molar refractivity (Wildman–Crippen MR) is 126 cm³/mol. The van der Waals surface area contributed by atoms with Gasteiger partial charge >= 0.3 is 0 Å². The van der Waals surface area contributed by atoms with E-state index in [-0.39, 0.29) is 29.3 Å². The summed E-state index contributed by atoms with van der Waals surface area (Å²) in [4.78, 5) is 39.1. The van der Waals surface area contributed by atoms with Crippen LogP contribution in [0, 0.1) is 5.82 Å². The first kappa shape index (κ1) is 23.8. The van der Waals surface area contributed by atoms with Gasteiger partial charge in [0.2, 0.25) is 11.8 Å². The van der Waals surface area contributed by atoms with Gasteiger partial charge in [0.05, 0.1) is 11.0 Å². The minimum Gasteiger partial charge on any atom is -0.339 e. The highest BCUT2D eigenvalue weighted by atomic mass is 32.2. The van der Waals surface area contributed by atoms with Gasteiger partial charge in [0, 0.05) is 30.0 Å². The van der Waals surface area contributed by atoms with Gasteiger partial charge in [-0.15, -0.1) is 11.8 Å². The molecule has 0 bridgehead atoms. The molecule has 2 N–H and O–H groups in total. The maximum atomic E-state index is 12.9. The second-order valence-corrected chi connectivity index (χ2v) is 9.11. The molecule has 1 saturated heterocycles. The van der Waals surface area contributed by atoms with Gasteiger partial charge in [0.1, 0.15) is 5.82 Å². The lowest BCUT2D eigenvalue weighted by atomic mass is 10.1. The monoisotopic (exact) mass is 457 g/mol. The van der Waals surface area contributed by atoms with E-state index in [2.05, 4.69) is 10.6 Å². The summed E-state index contributed by atoms with van der Waals surface area (Å²) in [5.74, 6) is -0.744. The second kappa shape index (κ2) is 11.7. The van der Waals surface area contributed by atoms with Gasteiger partial charge in [0.15, 0.2) is 0 Å². The third-order valence-corrected chi connectivity index (χ3v) is 6.40. The average Bonchev–Trinajstić information content (AvgIpc) is 3.08. The van der Waals surface area contributed by atoms with Crippen molar-refractivity contribution in [2.45, 2.75) is 37.9 Å². The lowest BCUT2D eigenvalue weighted by Gasteiger charge is -2.20. The first-order valence-corrected chi connectivity index (χ1v) is 11.8. The van der Waals surface area contributed by atoms with E-state index < -0.39 is 5.25 Å². The number of carbonyl (C=O) groups is 3. The normalized spacial score (nSPS) is 14.9. The van der Waals surface area contributed by atoms with Gasteiger partial charge in [-0.2, -0.15) is 0 Å². The average molecular weight is 458 g/mol. The van der Waals surface area contributed by atoms with Crippen molar-refractivity contribution in [1.82, 2.24) is 4.90 Å². The Morgan fingerprint density at radius 2 is 1.47 bits per heavy atom. The van der Waals surface area contributed by atoms with Crippen LogP contribution in [0.5, 0.6) is 0 Å². The molecule has 2 aromatic rings. The highest BCUT2D eigenvalue weighted by molar-refractivity contribution is 8.01. The lowest BCUT2D eigenvalue weighted by Crippen LogP contribution is -2.31. The molecule has 1 heterocycles. The number of benzene rings is 2. The molecular formula is C24H28FN3O3S. The number of nitrogens with zero attached hydrogens (tertiary/aromatic N) is 1. The summed E-state index contributed by atoms with van der Waals surface area (Å²) in [5.41, 5.74) is 1.72. The van der Waals surface area contributed by atoms with Gasteiger partial charge in [-0.05, 0) is 68.3 Å². The number of carbonyl (C=O) groups excluding carboxylic acids is 3. The number of halogens is 1. The highest BCUT2D eigenvalue weighted by Gasteiger charge is 2.18. The molecule has 6 nitrogen and oxygen atoms in total. The molecule has 3 amide bonds. The van der Waals surface area contributed by atoms with Crippen molar-refractivity contribution < 1.29 is 18.8 Å². The molecule has 1 aliphatic rings. The molecular weight excluding hydrogens is 429 g/mol. The van der Waals surface area contributed by atoms with Gasteiger partial charge in [-0.3, -0.25) is 14.4 Å². The number of rotatable bonds is 7. The molecule has 8 heteroatoms. The molecule has 0 spiro atoms. The van der Waals surface area contributed by atoms with Crippen molar-refractivity contribution in [1.29, 1.82) is 0 Å². The van der Waals surface area contributed by atoms with E-state index in [9.17, 15) is 18.8 Å². The zero-order chi connectivity index (χ0) is 22.9. The van der Waals surface area contributed by atoms with Crippen molar-refractivity contribution in [3.63, 3.8) is 0 Å². The minimum atomic E-state index is -0.452. The standard InChI is InChI=1S/C24H28FN3O3S/c1-17(32-16-22(29)26-20-12-8-19(25)9-13-20)23(30)27-21-10-6-18(7-11-21)24(31)28-14-4-2-3-5-15-28/h6-13,17H,2-5,14-16H2,1H3,(H,26,29)(H,27,30). The van der Waals surface area contributed by atoms with Crippen molar-refractivity contribution in [2.24, 2.45) is 0 Å². The Morgan fingerprint density at radius 1 is 0.906 bits per heavy atom. The van der Waals surface area contributed by atoms with Crippen molar-refractivity contribution in [3.8, 4) is 0 Å². The Balaban J connectivity index is 1.45. The predicted octanol–water partition coefficient (Wildman–Crippen LogP) is 4.54. The second-order valence-electron chi connectivity index (χ2n) is 7.78. The van der Waals surface area contributed by atoms with E-state index in [1.54, 1.807) is 31.2 Å². The number of hydrogen-bond donors (Lipinski definition) is 2. The fourth-order valence-corrected chi connectivity index (χ4v) is 4.09. The van der Waals surface area contributed by atoms with Gasteiger partial charge in [0.25, 0.3) is 5.91 Å². The van der Waals surface area contributed by atoms with E-state index in [0.717, 1.165) is 25.9 Å². The molecule has 0 aliphatic carbocycles. The van der Waals surface area contributed by atoms with Crippen LogP contribution in [-0.4, -0.2) is 46.7 Å². The molecule has 1 aliphatic heterocycles. The van der Waals surface area contributed by atoms with Crippen LogP contribution in [0.4, 0.5) is 15.8 Å². The molecule has 1 atom stereocenters. The van der Waals surface area contributed by atoms with Crippen LogP contribution in [0.3, 0.4) is 0 Å². The van der Waals surface area contributed by atoms with E-state index in [4.69, 9.17) is 0 Å². The fourth-order valence-electron chi connectivity index (χ4n) is 3.40. The number of anilines is 2. The maximum Gasteiger partial charge on any atom is 0.253 e. The summed E-state index contributed by atoms with van der Waals surface area (Å²) < 4.78 is 12.9. The largest absolute Gasteiger partial charge is 0.339 e. The SMILES string of the molecule is CC(SCC(=O)Nc1ccc(F)cc1)C(=O)Nc1ccc(C(=O)N2CCCCCC2)cc1. The van der Waals surface area contributed by atoms with Crippen LogP contribution in [0.25, 0.3) is 0 Å². The Morgan fingerprint density at radius 3 is 2.09 bits per heavy atom. The molecule has 170 valence electrons. The number of nitrogens with one attached hydrogen (secondary N) is 2. The number of thioether (sulfide) groups is 1. The zero-order valence-electron chi connectivity index (χ0n) is 18.1. The Labute approximate surface area is 191 Å². The van der Waals surface area contributed by atoms with Crippen molar-refractivity contribution >= 4 is 40.9 Å². The number of likely N-dealkylation sites (tertiary alicyclic amines) is 1. The van der Waals surface area contributed by atoms with Crippen LogP contribution in [-0.2, 0) is 9.59 Å². The van der Waals surface area contributed by atoms with Gasteiger partial charge in [-0.1, -0.05) is 12.8 Å². The van der Waals surface area contributed by atoms with E-state index in [0.29, 0.717) is 16.9 Å². The van der Waals surface area contributed by atoms with Crippen molar-refractivity contribution in [2.75, 3.05) is 29.5 Å². The molecule has 2 aromatic carbocycles. The van der Waals surface area contributed by atoms with E-state index in [1.165, 1.54) is 48.9 Å². The molecule has 1 fully saturated rings. The number of hydrogen-bond acceptors (Lipinski definition) is 4. The lowest BCUT2D eigenvalue weighted by molar-refractivity contribution is -0.115. The molecule has 3 rings (SSSR count). The van der Waals surface area contributed by atoms with E-state index in [1.807, 2.05) is 4.90 Å². The van der Waals surface area contributed by atoms with E-state index >= 15 is 0 Å². The van der Waals surface area contributed by atoms with Crippen LogP contribution >= 0.6 is 11.8 Å². The zero-order valence-corrected chi connectivity index (χ0v) is 18.9. The van der Waals surface area contributed by atoms with Crippen molar-refractivity contribution in [3.05, 3.63) is 59.9 Å². The quantitative estimate of drug-likeness (QED) is 0.640. The topological polar surface area (TPSA) is 78.5 Å². The van der Waals surface area contributed by atoms with Crippen LogP contribution in [0.1, 0.15) is 43.0 Å². The van der Waals surface area contributed by atoms with Crippen LogP contribution < -0.4 is 10.6 Å². The summed E-state index contributed by atoms with van der Waals surface area (Å²) in [6.07, 6.45) is 4.41. The summed E-state index contributed by atoms with van der Waals surface area (Å²) in [6.45, 7) is 3.31. The molecule has 0 saturated carbocycles. The Hall–Kier alpha value is -2.87. The summed E-state index contributed by atoms with van der Waals surface area (Å²) in [5, 5.41) is 5.03. The summed E-state index contributed by atoms with van der Waals surface area (Å²) in [7, 11) is 0. The molecule has 32 heavy (non-hydrogen) atoms.